The minimum Gasteiger partial charge on any atom is -0.315 e. The van der Waals surface area contributed by atoms with Gasteiger partial charge in [0.15, 0.2) is 0 Å². The van der Waals surface area contributed by atoms with Gasteiger partial charge in [0.2, 0.25) is 0 Å². The SMILES string of the molecule is CC1CCNCC1N(C)CC1CC2CCC1C2. The minimum atomic E-state index is 0.780. The van der Waals surface area contributed by atoms with Crippen LogP contribution >= 0.6 is 0 Å². The predicted octanol–water partition coefficient (Wildman–Crippen LogP) is 2.35. The lowest BCUT2D eigenvalue weighted by Crippen LogP contribution is -2.50. The average molecular weight is 236 g/mol. The zero-order chi connectivity index (χ0) is 11.8. The molecule has 1 heterocycles. The molecule has 2 aliphatic carbocycles. The van der Waals surface area contributed by atoms with E-state index in [0.29, 0.717) is 0 Å². The fraction of sp³-hybridized carbons (Fsp3) is 1.00. The van der Waals surface area contributed by atoms with Crippen molar-refractivity contribution in [3.63, 3.8) is 0 Å². The highest BCUT2D eigenvalue weighted by Gasteiger charge is 2.40. The third kappa shape index (κ3) is 2.39. The van der Waals surface area contributed by atoms with Crippen molar-refractivity contribution in [2.24, 2.45) is 23.7 Å². The van der Waals surface area contributed by atoms with E-state index >= 15 is 0 Å². The van der Waals surface area contributed by atoms with E-state index in [1.807, 2.05) is 0 Å². The van der Waals surface area contributed by atoms with Crippen molar-refractivity contribution in [3.05, 3.63) is 0 Å². The van der Waals surface area contributed by atoms with Crippen molar-refractivity contribution in [3.8, 4) is 0 Å². The van der Waals surface area contributed by atoms with Crippen molar-refractivity contribution in [1.82, 2.24) is 10.2 Å². The van der Waals surface area contributed by atoms with Gasteiger partial charge in [-0.05, 0) is 62.9 Å². The molecular weight excluding hydrogens is 208 g/mol. The molecule has 98 valence electrons. The first-order valence-electron chi connectivity index (χ1n) is 7.65. The van der Waals surface area contributed by atoms with Crippen LogP contribution in [0.15, 0.2) is 0 Å². The zero-order valence-corrected chi connectivity index (χ0v) is 11.5. The van der Waals surface area contributed by atoms with Gasteiger partial charge in [0, 0.05) is 19.1 Å². The van der Waals surface area contributed by atoms with Gasteiger partial charge in [-0.2, -0.15) is 0 Å². The number of likely N-dealkylation sites (N-methyl/N-ethyl adjacent to an activating group) is 1. The van der Waals surface area contributed by atoms with E-state index in [1.165, 1.54) is 45.3 Å². The number of fused-ring (bicyclic) bond motifs is 2. The average Bonchev–Trinajstić information content (AvgIpc) is 2.91. The van der Waals surface area contributed by atoms with Gasteiger partial charge in [-0.1, -0.05) is 13.3 Å². The number of nitrogens with one attached hydrogen (secondary N) is 1. The smallest absolute Gasteiger partial charge is 0.0243 e. The van der Waals surface area contributed by atoms with Crippen LogP contribution in [-0.4, -0.2) is 37.6 Å². The lowest BCUT2D eigenvalue weighted by Gasteiger charge is -2.39. The van der Waals surface area contributed by atoms with Crippen LogP contribution in [-0.2, 0) is 0 Å². The Morgan fingerprint density at radius 2 is 2.06 bits per heavy atom. The maximum absolute atomic E-state index is 3.56. The Morgan fingerprint density at radius 3 is 2.71 bits per heavy atom. The molecule has 0 aromatic heterocycles. The topological polar surface area (TPSA) is 15.3 Å². The summed E-state index contributed by atoms with van der Waals surface area (Å²) in [5, 5.41) is 3.56. The Bertz CT molecular complexity index is 266. The summed E-state index contributed by atoms with van der Waals surface area (Å²) in [6.45, 7) is 6.22. The Morgan fingerprint density at radius 1 is 1.18 bits per heavy atom. The van der Waals surface area contributed by atoms with Gasteiger partial charge in [-0.15, -0.1) is 0 Å². The third-order valence-electron chi connectivity index (χ3n) is 5.76. The number of hydrogen-bond acceptors (Lipinski definition) is 2. The highest BCUT2D eigenvalue weighted by Crippen LogP contribution is 2.48. The van der Waals surface area contributed by atoms with Gasteiger partial charge in [-0.3, -0.25) is 0 Å². The molecular formula is C15H28N2. The Labute approximate surface area is 106 Å². The van der Waals surface area contributed by atoms with Gasteiger partial charge in [0.05, 0.1) is 0 Å². The fourth-order valence-corrected chi connectivity index (χ4v) is 4.67. The quantitative estimate of drug-likeness (QED) is 0.809. The molecule has 0 radical (unpaired) electrons. The molecule has 5 unspecified atom stereocenters. The second kappa shape index (κ2) is 4.89. The molecule has 3 aliphatic rings. The van der Waals surface area contributed by atoms with Gasteiger partial charge in [0.25, 0.3) is 0 Å². The summed E-state index contributed by atoms with van der Waals surface area (Å²) in [5.41, 5.74) is 0. The maximum Gasteiger partial charge on any atom is 0.0243 e. The van der Waals surface area contributed by atoms with E-state index < -0.39 is 0 Å². The Balaban J connectivity index is 1.54. The van der Waals surface area contributed by atoms with Gasteiger partial charge in [0.1, 0.15) is 0 Å². The molecule has 1 aliphatic heterocycles. The van der Waals surface area contributed by atoms with Crippen molar-refractivity contribution in [2.45, 2.75) is 45.1 Å². The first-order valence-corrected chi connectivity index (χ1v) is 7.65. The highest BCUT2D eigenvalue weighted by atomic mass is 15.2. The standard InChI is InChI=1S/C15H28N2/c1-11-5-6-16-9-15(11)17(2)10-14-8-12-3-4-13(14)7-12/h11-16H,3-10H2,1-2H3. The van der Waals surface area contributed by atoms with Crippen molar-refractivity contribution < 1.29 is 0 Å². The molecule has 2 bridgehead atoms. The van der Waals surface area contributed by atoms with Crippen molar-refractivity contribution in [2.75, 3.05) is 26.7 Å². The normalized spacial score (nSPS) is 45.7. The molecule has 0 spiro atoms. The molecule has 0 aromatic rings. The molecule has 2 heteroatoms. The monoisotopic (exact) mass is 236 g/mol. The first kappa shape index (κ1) is 12.0. The lowest BCUT2D eigenvalue weighted by atomic mass is 9.87. The molecule has 3 fully saturated rings. The predicted molar refractivity (Wildman–Crippen MR) is 72.0 cm³/mol. The third-order valence-corrected chi connectivity index (χ3v) is 5.76. The summed E-state index contributed by atoms with van der Waals surface area (Å²) in [5.74, 6) is 4.07. The Hall–Kier alpha value is -0.0800. The second-order valence-corrected chi connectivity index (χ2v) is 6.91. The molecule has 3 rings (SSSR count). The highest BCUT2D eigenvalue weighted by molar-refractivity contribution is 4.92. The lowest BCUT2D eigenvalue weighted by molar-refractivity contribution is 0.116. The summed E-state index contributed by atoms with van der Waals surface area (Å²) < 4.78 is 0. The molecule has 2 nitrogen and oxygen atoms in total. The summed E-state index contributed by atoms with van der Waals surface area (Å²) in [6.07, 6.45) is 7.50. The summed E-state index contributed by atoms with van der Waals surface area (Å²) in [4.78, 5) is 2.67. The Kier molecular flexibility index (Phi) is 3.45. The van der Waals surface area contributed by atoms with E-state index in [9.17, 15) is 0 Å². The van der Waals surface area contributed by atoms with E-state index in [4.69, 9.17) is 0 Å². The summed E-state index contributed by atoms with van der Waals surface area (Å²) in [7, 11) is 2.36. The molecule has 2 saturated carbocycles. The molecule has 17 heavy (non-hydrogen) atoms. The van der Waals surface area contributed by atoms with Crippen LogP contribution in [0.1, 0.15) is 39.0 Å². The minimum absolute atomic E-state index is 0.780. The van der Waals surface area contributed by atoms with E-state index in [1.54, 1.807) is 6.42 Å². The molecule has 0 aromatic carbocycles. The van der Waals surface area contributed by atoms with Crippen LogP contribution < -0.4 is 5.32 Å². The van der Waals surface area contributed by atoms with Crippen molar-refractivity contribution >= 4 is 0 Å². The van der Waals surface area contributed by atoms with Gasteiger partial charge in [-0.25, -0.2) is 0 Å². The largest absolute Gasteiger partial charge is 0.315 e. The number of rotatable bonds is 3. The van der Waals surface area contributed by atoms with Crippen LogP contribution in [0.2, 0.25) is 0 Å². The molecule has 0 amide bonds. The van der Waals surface area contributed by atoms with Gasteiger partial charge < -0.3 is 10.2 Å². The van der Waals surface area contributed by atoms with E-state index in [0.717, 1.165) is 29.7 Å². The number of nitrogens with zero attached hydrogens (tertiary/aromatic N) is 1. The van der Waals surface area contributed by atoms with Crippen LogP contribution in [0, 0.1) is 23.7 Å². The molecule has 5 atom stereocenters. The van der Waals surface area contributed by atoms with Crippen LogP contribution in [0.5, 0.6) is 0 Å². The second-order valence-electron chi connectivity index (χ2n) is 6.91. The van der Waals surface area contributed by atoms with Crippen LogP contribution in [0.3, 0.4) is 0 Å². The van der Waals surface area contributed by atoms with E-state index in [2.05, 4.69) is 24.2 Å². The summed E-state index contributed by atoms with van der Waals surface area (Å²) >= 11 is 0. The van der Waals surface area contributed by atoms with Gasteiger partial charge >= 0.3 is 0 Å². The first-order chi connectivity index (χ1) is 8.24. The van der Waals surface area contributed by atoms with Crippen LogP contribution in [0.25, 0.3) is 0 Å². The zero-order valence-electron chi connectivity index (χ0n) is 11.5. The fourth-order valence-electron chi connectivity index (χ4n) is 4.67. The molecule has 1 saturated heterocycles. The number of piperidine rings is 1. The maximum atomic E-state index is 3.56. The van der Waals surface area contributed by atoms with Crippen LogP contribution in [0.4, 0.5) is 0 Å². The summed E-state index contributed by atoms with van der Waals surface area (Å²) in [6, 6.07) is 0.780. The van der Waals surface area contributed by atoms with Crippen molar-refractivity contribution in [1.29, 1.82) is 0 Å². The van der Waals surface area contributed by atoms with E-state index in [-0.39, 0.29) is 0 Å². The number of hydrogen-bond donors (Lipinski definition) is 1. The molecule has 1 N–H and O–H groups in total.